The summed E-state index contributed by atoms with van der Waals surface area (Å²) in [5.74, 6) is -1.51. The first-order chi connectivity index (χ1) is 13.9. The summed E-state index contributed by atoms with van der Waals surface area (Å²) < 4.78 is 39.0. The fourth-order valence-electron chi connectivity index (χ4n) is 4.39. The van der Waals surface area contributed by atoms with Crippen LogP contribution in [0.3, 0.4) is 0 Å². The van der Waals surface area contributed by atoms with E-state index >= 15 is 0 Å². The second kappa shape index (κ2) is 9.80. The number of alkyl halides is 3. The van der Waals surface area contributed by atoms with Gasteiger partial charge in [-0.05, 0) is 68.2 Å². The first kappa shape index (κ1) is 21.9. The lowest BCUT2D eigenvalue weighted by molar-refractivity contribution is -0.200. The number of hydrogen-bond acceptors (Lipinski definition) is 1. The molecule has 2 aromatic rings. The van der Waals surface area contributed by atoms with E-state index in [0.717, 1.165) is 37.9 Å². The maximum atomic E-state index is 13.0. The van der Waals surface area contributed by atoms with Crippen molar-refractivity contribution in [1.82, 2.24) is 4.90 Å². The van der Waals surface area contributed by atoms with E-state index in [-0.39, 0.29) is 12.3 Å². The SMILES string of the molecule is CCN(CCc1ccccc1)C(C)CCc1ccc(C2CCC2C(F)(F)F)cc1. The molecule has 158 valence electrons. The van der Waals surface area contributed by atoms with Crippen LogP contribution in [0, 0.1) is 5.92 Å². The molecule has 1 saturated carbocycles. The molecule has 0 radical (unpaired) electrons. The highest BCUT2D eigenvalue weighted by molar-refractivity contribution is 5.28. The molecule has 0 heterocycles. The van der Waals surface area contributed by atoms with Crippen molar-refractivity contribution in [2.75, 3.05) is 13.1 Å². The molecule has 1 nitrogen and oxygen atoms in total. The van der Waals surface area contributed by atoms with Gasteiger partial charge in [-0.2, -0.15) is 13.2 Å². The standard InChI is InChI=1S/C25H32F3N/c1-3-29(18-17-20-7-5-4-6-8-20)19(2)9-10-21-11-13-22(14-12-21)23-15-16-24(23)25(26,27)28/h4-8,11-14,19,23-24H,3,9-10,15-18H2,1-2H3. The Bertz CT molecular complexity index is 739. The predicted octanol–water partition coefficient (Wildman–Crippen LogP) is 6.63. The van der Waals surface area contributed by atoms with Crippen LogP contribution >= 0.6 is 0 Å². The maximum absolute atomic E-state index is 13.0. The zero-order valence-electron chi connectivity index (χ0n) is 17.5. The summed E-state index contributed by atoms with van der Waals surface area (Å²) in [6.45, 7) is 6.53. The number of hydrogen-bond donors (Lipinski definition) is 0. The molecule has 0 amide bonds. The Morgan fingerprint density at radius 1 is 0.931 bits per heavy atom. The molecule has 0 aliphatic heterocycles. The van der Waals surface area contributed by atoms with E-state index in [9.17, 15) is 13.2 Å². The van der Waals surface area contributed by atoms with Crippen molar-refractivity contribution in [1.29, 1.82) is 0 Å². The summed E-state index contributed by atoms with van der Waals surface area (Å²) in [5.41, 5.74) is 3.41. The Hall–Kier alpha value is -1.81. The topological polar surface area (TPSA) is 3.24 Å². The number of benzene rings is 2. The van der Waals surface area contributed by atoms with Crippen molar-refractivity contribution in [3.63, 3.8) is 0 Å². The van der Waals surface area contributed by atoms with Gasteiger partial charge in [-0.3, -0.25) is 0 Å². The summed E-state index contributed by atoms with van der Waals surface area (Å²) in [5, 5.41) is 0. The summed E-state index contributed by atoms with van der Waals surface area (Å²) in [6, 6.07) is 18.9. The van der Waals surface area contributed by atoms with E-state index in [2.05, 4.69) is 43.0 Å². The lowest BCUT2D eigenvalue weighted by atomic mass is 9.69. The van der Waals surface area contributed by atoms with Crippen molar-refractivity contribution >= 4 is 0 Å². The number of aryl methyl sites for hydroxylation is 1. The molecule has 0 N–H and O–H groups in total. The van der Waals surface area contributed by atoms with Crippen LogP contribution in [-0.2, 0) is 12.8 Å². The van der Waals surface area contributed by atoms with Crippen molar-refractivity contribution in [3.8, 4) is 0 Å². The van der Waals surface area contributed by atoms with Crippen molar-refractivity contribution in [3.05, 3.63) is 71.3 Å². The first-order valence-corrected chi connectivity index (χ1v) is 10.8. The molecule has 1 fully saturated rings. The van der Waals surface area contributed by atoms with E-state index in [1.54, 1.807) is 0 Å². The maximum Gasteiger partial charge on any atom is 0.392 e. The zero-order valence-corrected chi connectivity index (χ0v) is 17.5. The lowest BCUT2D eigenvalue weighted by Gasteiger charge is -2.38. The molecule has 3 unspecified atom stereocenters. The van der Waals surface area contributed by atoms with Crippen molar-refractivity contribution in [2.24, 2.45) is 5.92 Å². The molecule has 0 aromatic heterocycles. The quantitative estimate of drug-likeness (QED) is 0.454. The van der Waals surface area contributed by atoms with Gasteiger partial charge in [0.05, 0.1) is 5.92 Å². The van der Waals surface area contributed by atoms with E-state index in [1.807, 2.05) is 30.3 Å². The summed E-state index contributed by atoms with van der Waals surface area (Å²) in [6.07, 6.45) is -0.0974. The minimum absolute atomic E-state index is 0.267. The van der Waals surface area contributed by atoms with Crippen LogP contribution in [0.2, 0.25) is 0 Å². The number of rotatable bonds is 9. The van der Waals surface area contributed by atoms with Crippen molar-refractivity contribution in [2.45, 2.75) is 64.1 Å². The molecular weight excluding hydrogens is 371 g/mol. The normalized spacial score (nSPS) is 20.5. The summed E-state index contributed by atoms with van der Waals surface area (Å²) >= 11 is 0. The Balaban J connectivity index is 1.48. The molecule has 3 atom stereocenters. The fraction of sp³-hybridized carbons (Fsp3) is 0.520. The lowest BCUT2D eigenvalue weighted by Crippen LogP contribution is -2.36. The van der Waals surface area contributed by atoms with Crippen LogP contribution in [0.4, 0.5) is 13.2 Å². The molecule has 0 spiro atoms. The van der Waals surface area contributed by atoms with Gasteiger partial charge >= 0.3 is 6.18 Å². The Kier molecular flexibility index (Phi) is 7.39. The Labute approximate surface area is 172 Å². The van der Waals surface area contributed by atoms with Crippen LogP contribution < -0.4 is 0 Å². The number of likely N-dealkylation sites (N-methyl/N-ethyl adjacent to an activating group) is 1. The summed E-state index contributed by atoms with van der Waals surface area (Å²) in [4.78, 5) is 2.50. The monoisotopic (exact) mass is 403 g/mol. The zero-order chi connectivity index (χ0) is 20.9. The molecule has 29 heavy (non-hydrogen) atoms. The van der Waals surface area contributed by atoms with E-state index in [0.29, 0.717) is 12.5 Å². The molecule has 1 aliphatic rings. The largest absolute Gasteiger partial charge is 0.392 e. The molecule has 3 rings (SSSR count). The minimum Gasteiger partial charge on any atom is -0.301 e. The first-order valence-electron chi connectivity index (χ1n) is 10.8. The van der Waals surface area contributed by atoms with Gasteiger partial charge in [-0.25, -0.2) is 0 Å². The van der Waals surface area contributed by atoms with Gasteiger partial charge in [-0.1, -0.05) is 61.5 Å². The van der Waals surface area contributed by atoms with Gasteiger partial charge in [0, 0.05) is 12.6 Å². The molecule has 4 heteroatoms. The molecule has 1 aliphatic carbocycles. The second-order valence-electron chi connectivity index (χ2n) is 8.33. The average molecular weight is 404 g/mol. The average Bonchev–Trinajstić information content (AvgIpc) is 2.66. The predicted molar refractivity (Wildman–Crippen MR) is 113 cm³/mol. The molecular formula is C25H32F3N. The van der Waals surface area contributed by atoms with Crippen LogP contribution in [0.15, 0.2) is 54.6 Å². The highest BCUT2D eigenvalue weighted by Gasteiger charge is 2.50. The fourth-order valence-corrected chi connectivity index (χ4v) is 4.39. The third-order valence-corrected chi connectivity index (χ3v) is 6.51. The van der Waals surface area contributed by atoms with Gasteiger partial charge in [-0.15, -0.1) is 0 Å². The number of nitrogens with zero attached hydrogens (tertiary/aromatic N) is 1. The van der Waals surface area contributed by atoms with Crippen LogP contribution in [-0.4, -0.2) is 30.2 Å². The molecule has 0 bridgehead atoms. The van der Waals surface area contributed by atoms with Crippen LogP contribution in [0.1, 0.15) is 55.7 Å². The van der Waals surface area contributed by atoms with E-state index < -0.39 is 12.1 Å². The van der Waals surface area contributed by atoms with E-state index in [1.165, 1.54) is 11.1 Å². The van der Waals surface area contributed by atoms with Crippen LogP contribution in [0.5, 0.6) is 0 Å². The van der Waals surface area contributed by atoms with Crippen molar-refractivity contribution < 1.29 is 13.2 Å². The van der Waals surface area contributed by atoms with Gasteiger partial charge in [0.1, 0.15) is 0 Å². The smallest absolute Gasteiger partial charge is 0.301 e. The van der Waals surface area contributed by atoms with Crippen LogP contribution in [0.25, 0.3) is 0 Å². The van der Waals surface area contributed by atoms with Gasteiger partial charge < -0.3 is 4.90 Å². The van der Waals surface area contributed by atoms with Gasteiger partial charge in [0.2, 0.25) is 0 Å². The third kappa shape index (κ3) is 5.85. The highest BCUT2D eigenvalue weighted by atomic mass is 19.4. The van der Waals surface area contributed by atoms with E-state index in [4.69, 9.17) is 0 Å². The van der Waals surface area contributed by atoms with Gasteiger partial charge in [0.15, 0.2) is 0 Å². The third-order valence-electron chi connectivity index (χ3n) is 6.51. The highest BCUT2D eigenvalue weighted by Crippen LogP contribution is 2.50. The number of halogens is 3. The second-order valence-corrected chi connectivity index (χ2v) is 8.33. The Morgan fingerprint density at radius 2 is 1.59 bits per heavy atom. The molecule has 0 saturated heterocycles. The summed E-state index contributed by atoms with van der Waals surface area (Å²) in [7, 11) is 0. The molecule has 2 aromatic carbocycles. The van der Waals surface area contributed by atoms with Gasteiger partial charge in [0.25, 0.3) is 0 Å². The minimum atomic E-state index is -4.07. The Morgan fingerprint density at radius 3 is 2.14 bits per heavy atom.